The molecule has 0 bridgehead atoms. The Hall–Kier alpha value is -1.71. The van der Waals surface area contributed by atoms with Gasteiger partial charge in [-0.1, -0.05) is 6.07 Å². The molecular formula is C8H8N2O2. The number of carbonyl (C=O) groups excluding carboxylic acids is 1. The Morgan fingerprint density at radius 1 is 1.50 bits per heavy atom. The molecule has 0 spiro atoms. The molecular weight excluding hydrogens is 156 g/mol. The van der Waals surface area contributed by atoms with E-state index in [0.717, 1.165) is 5.56 Å². The third-order valence-corrected chi connectivity index (χ3v) is 1.54. The van der Waals surface area contributed by atoms with E-state index in [9.17, 15) is 9.70 Å². The standard InChI is InChI=1S/C8H8N2O2/c1-6-2-3-7(10-12)4-8(6)9-5-11/h2-5H,1H3,(H,9,11). The van der Waals surface area contributed by atoms with Crippen LogP contribution in [0.15, 0.2) is 23.4 Å². The van der Waals surface area contributed by atoms with Crippen molar-refractivity contribution >= 4 is 17.8 Å². The second kappa shape index (κ2) is 3.61. The van der Waals surface area contributed by atoms with Crippen LogP contribution in [-0.4, -0.2) is 6.41 Å². The average Bonchev–Trinajstić information content (AvgIpc) is 2.09. The Labute approximate surface area is 69.6 Å². The molecule has 0 aliphatic heterocycles. The largest absolute Gasteiger partial charge is 0.328 e. The Balaban J connectivity index is 3.06. The van der Waals surface area contributed by atoms with E-state index in [1.165, 1.54) is 6.07 Å². The van der Waals surface area contributed by atoms with Crippen molar-refractivity contribution in [3.8, 4) is 0 Å². The molecule has 1 aromatic carbocycles. The quantitative estimate of drug-likeness (QED) is 0.548. The molecule has 0 aliphatic carbocycles. The summed E-state index contributed by atoms with van der Waals surface area (Å²) in [5, 5.41) is 5.22. The number of rotatable bonds is 3. The summed E-state index contributed by atoms with van der Waals surface area (Å²) in [6.07, 6.45) is 0.566. The molecule has 0 saturated carbocycles. The van der Waals surface area contributed by atoms with Crippen molar-refractivity contribution in [3.05, 3.63) is 28.7 Å². The van der Waals surface area contributed by atoms with E-state index < -0.39 is 0 Å². The van der Waals surface area contributed by atoms with Crippen molar-refractivity contribution in [3.63, 3.8) is 0 Å². The van der Waals surface area contributed by atoms with E-state index in [2.05, 4.69) is 10.5 Å². The molecule has 1 aromatic rings. The van der Waals surface area contributed by atoms with Crippen LogP contribution >= 0.6 is 0 Å². The van der Waals surface area contributed by atoms with Gasteiger partial charge >= 0.3 is 0 Å². The maximum Gasteiger partial charge on any atom is 0.211 e. The highest BCUT2D eigenvalue weighted by Crippen LogP contribution is 2.21. The first-order valence-corrected chi connectivity index (χ1v) is 3.42. The molecule has 0 unspecified atom stereocenters. The minimum absolute atomic E-state index is 0.310. The molecule has 0 radical (unpaired) electrons. The zero-order valence-corrected chi connectivity index (χ0v) is 6.57. The van der Waals surface area contributed by atoms with Crippen LogP contribution in [0, 0.1) is 11.8 Å². The maximum absolute atomic E-state index is 10.1. The van der Waals surface area contributed by atoms with E-state index in [1.807, 2.05) is 6.92 Å². The second-order valence-electron chi connectivity index (χ2n) is 2.35. The summed E-state index contributed by atoms with van der Waals surface area (Å²) in [5.74, 6) is 0. The van der Waals surface area contributed by atoms with E-state index in [4.69, 9.17) is 0 Å². The number of nitroso groups, excluding NO2 is 1. The molecule has 1 N–H and O–H groups in total. The van der Waals surface area contributed by atoms with E-state index in [-0.39, 0.29) is 0 Å². The molecule has 4 heteroatoms. The van der Waals surface area contributed by atoms with Gasteiger partial charge in [-0.2, -0.15) is 0 Å². The minimum Gasteiger partial charge on any atom is -0.328 e. The number of aryl methyl sites for hydroxylation is 1. The Morgan fingerprint density at radius 2 is 2.25 bits per heavy atom. The average molecular weight is 164 g/mol. The van der Waals surface area contributed by atoms with Crippen molar-refractivity contribution in [2.24, 2.45) is 5.18 Å². The third-order valence-electron chi connectivity index (χ3n) is 1.54. The van der Waals surface area contributed by atoms with Gasteiger partial charge in [-0.3, -0.25) is 4.79 Å². The third kappa shape index (κ3) is 1.66. The first-order chi connectivity index (χ1) is 5.77. The topological polar surface area (TPSA) is 58.5 Å². The summed E-state index contributed by atoms with van der Waals surface area (Å²) in [7, 11) is 0. The fraction of sp³-hybridized carbons (Fsp3) is 0.125. The molecule has 0 aliphatic rings. The van der Waals surface area contributed by atoms with Gasteiger partial charge in [-0.05, 0) is 29.8 Å². The fourth-order valence-corrected chi connectivity index (χ4v) is 0.886. The van der Waals surface area contributed by atoms with Gasteiger partial charge in [0.1, 0.15) is 5.69 Å². The molecule has 0 fully saturated rings. The monoisotopic (exact) mass is 164 g/mol. The normalized spacial score (nSPS) is 9.08. The Kier molecular flexibility index (Phi) is 2.53. The van der Waals surface area contributed by atoms with Gasteiger partial charge in [-0.15, -0.1) is 4.91 Å². The number of carbonyl (C=O) groups is 1. The Morgan fingerprint density at radius 3 is 2.83 bits per heavy atom. The lowest BCUT2D eigenvalue weighted by atomic mass is 10.2. The lowest BCUT2D eigenvalue weighted by Crippen LogP contribution is -1.95. The van der Waals surface area contributed by atoms with Crippen molar-refractivity contribution in [2.45, 2.75) is 6.92 Å². The Bertz CT molecular complexity index is 310. The SMILES string of the molecule is Cc1ccc(N=O)cc1NC=O. The zero-order valence-electron chi connectivity index (χ0n) is 6.57. The summed E-state index contributed by atoms with van der Waals surface area (Å²) in [6.45, 7) is 1.83. The van der Waals surface area contributed by atoms with Crippen molar-refractivity contribution in [1.29, 1.82) is 0 Å². The number of nitrogens with zero attached hydrogens (tertiary/aromatic N) is 1. The number of nitrogens with one attached hydrogen (secondary N) is 1. The molecule has 0 saturated heterocycles. The maximum atomic E-state index is 10.1. The highest BCUT2D eigenvalue weighted by Gasteiger charge is 1.98. The van der Waals surface area contributed by atoms with Gasteiger partial charge in [-0.25, -0.2) is 0 Å². The van der Waals surface area contributed by atoms with Gasteiger partial charge in [0.25, 0.3) is 0 Å². The summed E-state index contributed by atoms with van der Waals surface area (Å²) in [5.41, 5.74) is 1.82. The van der Waals surface area contributed by atoms with Gasteiger partial charge in [0.15, 0.2) is 0 Å². The fourth-order valence-electron chi connectivity index (χ4n) is 0.886. The van der Waals surface area contributed by atoms with Gasteiger partial charge in [0.2, 0.25) is 6.41 Å². The second-order valence-corrected chi connectivity index (χ2v) is 2.35. The predicted octanol–water partition coefficient (Wildman–Crippen LogP) is 1.96. The highest BCUT2D eigenvalue weighted by molar-refractivity contribution is 5.75. The summed E-state index contributed by atoms with van der Waals surface area (Å²) in [4.78, 5) is 20.2. The number of amides is 1. The van der Waals surface area contributed by atoms with Crippen LogP contribution in [0.25, 0.3) is 0 Å². The smallest absolute Gasteiger partial charge is 0.211 e. The van der Waals surface area contributed by atoms with E-state index >= 15 is 0 Å². The minimum atomic E-state index is 0.310. The molecule has 0 heterocycles. The number of anilines is 1. The van der Waals surface area contributed by atoms with Crippen molar-refractivity contribution in [1.82, 2.24) is 0 Å². The van der Waals surface area contributed by atoms with Gasteiger partial charge in [0, 0.05) is 5.69 Å². The van der Waals surface area contributed by atoms with Crippen molar-refractivity contribution in [2.75, 3.05) is 5.32 Å². The van der Waals surface area contributed by atoms with Crippen LogP contribution in [-0.2, 0) is 4.79 Å². The highest BCUT2D eigenvalue weighted by atomic mass is 16.3. The number of hydrogen-bond acceptors (Lipinski definition) is 3. The summed E-state index contributed by atoms with van der Waals surface area (Å²) in [6, 6.07) is 4.84. The van der Waals surface area contributed by atoms with E-state index in [0.29, 0.717) is 17.8 Å². The first-order valence-electron chi connectivity index (χ1n) is 3.42. The lowest BCUT2D eigenvalue weighted by Gasteiger charge is -2.02. The molecule has 0 aromatic heterocycles. The van der Waals surface area contributed by atoms with Crippen LogP contribution in [0.5, 0.6) is 0 Å². The molecule has 12 heavy (non-hydrogen) atoms. The van der Waals surface area contributed by atoms with Gasteiger partial charge in [0.05, 0.1) is 0 Å². The molecule has 0 atom stereocenters. The lowest BCUT2D eigenvalue weighted by molar-refractivity contribution is -0.105. The van der Waals surface area contributed by atoms with Crippen LogP contribution in [0.4, 0.5) is 11.4 Å². The molecule has 1 amide bonds. The van der Waals surface area contributed by atoms with Crippen LogP contribution in [0.3, 0.4) is 0 Å². The number of hydrogen-bond donors (Lipinski definition) is 1. The summed E-state index contributed by atoms with van der Waals surface area (Å²) < 4.78 is 0. The summed E-state index contributed by atoms with van der Waals surface area (Å²) >= 11 is 0. The molecule has 4 nitrogen and oxygen atoms in total. The van der Waals surface area contributed by atoms with Gasteiger partial charge < -0.3 is 5.32 Å². The van der Waals surface area contributed by atoms with Crippen LogP contribution in [0.2, 0.25) is 0 Å². The number of benzene rings is 1. The predicted molar refractivity (Wildman–Crippen MR) is 46.3 cm³/mol. The van der Waals surface area contributed by atoms with Crippen LogP contribution in [0.1, 0.15) is 5.56 Å². The van der Waals surface area contributed by atoms with Crippen molar-refractivity contribution < 1.29 is 4.79 Å². The molecule has 62 valence electrons. The zero-order chi connectivity index (χ0) is 8.97. The van der Waals surface area contributed by atoms with E-state index in [1.54, 1.807) is 12.1 Å². The van der Waals surface area contributed by atoms with Crippen LogP contribution < -0.4 is 5.32 Å². The first kappa shape index (κ1) is 8.39. The molecule has 1 rings (SSSR count).